The van der Waals surface area contributed by atoms with Crippen molar-refractivity contribution in [2.75, 3.05) is 48.7 Å². The predicted molar refractivity (Wildman–Crippen MR) is 117 cm³/mol. The van der Waals surface area contributed by atoms with Gasteiger partial charge in [0.1, 0.15) is 5.82 Å². The minimum Gasteiger partial charge on any atom is -0.361 e. The average Bonchev–Trinajstić information content (AvgIpc) is 2.70. The van der Waals surface area contributed by atoms with Crippen LogP contribution in [0.1, 0.15) is 5.56 Å². The molecule has 0 atom stereocenters. The first-order valence-electron chi connectivity index (χ1n) is 9.19. The first-order chi connectivity index (χ1) is 13.4. The summed E-state index contributed by atoms with van der Waals surface area (Å²) in [4.78, 5) is 6.43. The normalized spacial score (nSPS) is 15.2. The maximum Gasteiger partial charge on any atom is 0.215 e. The van der Waals surface area contributed by atoms with Crippen molar-refractivity contribution in [1.82, 2.24) is 14.6 Å². The quantitative estimate of drug-likeness (QED) is 0.692. The third kappa shape index (κ3) is 5.63. The molecule has 1 saturated heterocycles. The van der Waals surface area contributed by atoms with E-state index in [9.17, 15) is 8.42 Å². The lowest BCUT2D eigenvalue weighted by Gasteiger charge is -2.34. The summed E-state index contributed by atoms with van der Waals surface area (Å²) in [5.74, 6) is 0.889. The summed E-state index contributed by atoms with van der Waals surface area (Å²) in [6, 6.07) is 13.6. The number of nitrogens with zero attached hydrogens (tertiary/aromatic N) is 3. The molecule has 3 rings (SSSR count). The first-order valence-corrected chi connectivity index (χ1v) is 11.2. The Kier molecular flexibility index (Phi) is 6.82. The average molecular weight is 420 g/mol. The smallest absolute Gasteiger partial charge is 0.215 e. The number of hydrogen-bond acceptors (Lipinski definition) is 5. The van der Waals surface area contributed by atoms with Crippen LogP contribution in [-0.4, -0.2) is 61.3 Å². The number of aromatic nitrogens is 1. The number of thiocarbonyl (C=S) groups is 1. The largest absolute Gasteiger partial charge is 0.361 e. The van der Waals surface area contributed by atoms with Gasteiger partial charge in [-0.05, 0) is 43.4 Å². The number of benzene rings is 1. The van der Waals surface area contributed by atoms with Gasteiger partial charge in [0.05, 0.1) is 5.75 Å². The van der Waals surface area contributed by atoms with Crippen molar-refractivity contribution in [3.05, 3.63) is 54.2 Å². The lowest BCUT2D eigenvalue weighted by molar-refractivity contribution is 0.384. The zero-order chi connectivity index (χ0) is 20.0. The van der Waals surface area contributed by atoms with Crippen molar-refractivity contribution in [2.45, 2.75) is 6.92 Å². The molecule has 1 fully saturated rings. The van der Waals surface area contributed by atoms with Gasteiger partial charge in [-0.1, -0.05) is 23.8 Å². The molecule has 150 valence electrons. The van der Waals surface area contributed by atoms with E-state index in [0.29, 0.717) is 31.3 Å². The highest BCUT2D eigenvalue weighted by molar-refractivity contribution is 7.89. The lowest BCUT2D eigenvalue weighted by Crippen LogP contribution is -2.50. The molecule has 0 spiro atoms. The van der Waals surface area contributed by atoms with E-state index in [1.807, 2.05) is 49.4 Å². The third-order valence-electron chi connectivity index (χ3n) is 4.56. The number of aryl methyl sites for hydroxylation is 1. The van der Waals surface area contributed by atoms with Gasteiger partial charge in [-0.15, -0.1) is 0 Å². The Labute approximate surface area is 171 Å². The van der Waals surface area contributed by atoms with Gasteiger partial charge in [0, 0.05) is 44.6 Å². The maximum absolute atomic E-state index is 12.6. The van der Waals surface area contributed by atoms with E-state index in [1.54, 1.807) is 10.5 Å². The molecule has 1 aliphatic rings. The number of pyridine rings is 1. The van der Waals surface area contributed by atoms with Gasteiger partial charge in [0.15, 0.2) is 5.11 Å². The minimum atomic E-state index is -3.33. The summed E-state index contributed by atoms with van der Waals surface area (Å²) in [5, 5.41) is 6.44. The summed E-state index contributed by atoms with van der Waals surface area (Å²) in [7, 11) is -3.33. The van der Waals surface area contributed by atoms with Crippen LogP contribution in [-0.2, 0) is 10.0 Å². The second-order valence-electron chi connectivity index (χ2n) is 6.64. The van der Waals surface area contributed by atoms with Gasteiger partial charge in [0.25, 0.3) is 0 Å². The van der Waals surface area contributed by atoms with Crippen LogP contribution >= 0.6 is 12.2 Å². The lowest BCUT2D eigenvalue weighted by atomic mass is 10.2. The number of hydrogen-bond donors (Lipinski definition) is 2. The summed E-state index contributed by atoms with van der Waals surface area (Å²) in [6.07, 6.45) is 1.75. The second-order valence-corrected chi connectivity index (χ2v) is 9.13. The van der Waals surface area contributed by atoms with Crippen LogP contribution in [0.25, 0.3) is 0 Å². The van der Waals surface area contributed by atoms with Crippen molar-refractivity contribution in [3.63, 3.8) is 0 Å². The molecule has 0 bridgehead atoms. The molecule has 9 heteroatoms. The van der Waals surface area contributed by atoms with Crippen molar-refractivity contribution >= 4 is 38.9 Å². The standard InChI is InChI=1S/C19H25N5O2S2/c1-16-5-7-17(8-6-16)22-19(27)21-10-15-28(25,26)24-13-11-23(12-14-24)18-4-2-3-9-20-18/h2-9H,10-15H2,1H3,(H2,21,22,27). The van der Waals surface area contributed by atoms with E-state index in [1.165, 1.54) is 5.56 Å². The molecule has 1 aliphatic heterocycles. The summed E-state index contributed by atoms with van der Waals surface area (Å²) < 4.78 is 26.7. The Balaban J connectivity index is 1.43. The Hall–Kier alpha value is -2.23. The second kappa shape index (κ2) is 9.31. The SMILES string of the molecule is Cc1ccc(NC(=S)NCCS(=O)(=O)N2CCN(c3ccccn3)CC2)cc1. The van der Waals surface area contributed by atoms with Crippen LogP contribution in [0.2, 0.25) is 0 Å². The van der Waals surface area contributed by atoms with E-state index in [0.717, 1.165) is 11.5 Å². The van der Waals surface area contributed by atoms with Crippen LogP contribution in [0.4, 0.5) is 11.5 Å². The third-order valence-corrected chi connectivity index (χ3v) is 6.68. The van der Waals surface area contributed by atoms with Crippen molar-refractivity contribution in [2.24, 2.45) is 0 Å². The summed E-state index contributed by atoms with van der Waals surface area (Å²) >= 11 is 5.24. The van der Waals surface area contributed by atoms with Crippen LogP contribution in [0, 0.1) is 6.92 Å². The fraction of sp³-hybridized carbons (Fsp3) is 0.368. The molecule has 1 aromatic carbocycles. The molecule has 0 unspecified atom stereocenters. The molecule has 0 radical (unpaired) electrons. The molecule has 2 N–H and O–H groups in total. The molecule has 0 amide bonds. The highest BCUT2D eigenvalue weighted by Gasteiger charge is 2.27. The summed E-state index contributed by atoms with van der Waals surface area (Å²) in [5.41, 5.74) is 2.04. The molecule has 2 aromatic rings. The molecule has 0 saturated carbocycles. The Bertz CT molecular complexity index is 880. The summed E-state index contributed by atoms with van der Waals surface area (Å²) in [6.45, 7) is 4.48. The van der Waals surface area contributed by atoms with Crippen LogP contribution in [0.15, 0.2) is 48.7 Å². The fourth-order valence-electron chi connectivity index (χ4n) is 2.97. The molecular formula is C19H25N5O2S2. The fourth-order valence-corrected chi connectivity index (χ4v) is 4.53. The van der Waals surface area contributed by atoms with Crippen LogP contribution in [0.3, 0.4) is 0 Å². The number of rotatable bonds is 6. The molecule has 2 heterocycles. The Morgan fingerprint density at radius 1 is 1.11 bits per heavy atom. The molecule has 7 nitrogen and oxygen atoms in total. The van der Waals surface area contributed by atoms with Crippen molar-refractivity contribution in [1.29, 1.82) is 0 Å². The number of nitrogens with one attached hydrogen (secondary N) is 2. The number of anilines is 2. The van der Waals surface area contributed by atoms with Gasteiger partial charge in [-0.25, -0.2) is 13.4 Å². The van der Waals surface area contributed by atoms with E-state index < -0.39 is 10.0 Å². The molecule has 28 heavy (non-hydrogen) atoms. The topological polar surface area (TPSA) is 77.6 Å². The zero-order valence-corrected chi connectivity index (χ0v) is 17.5. The Morgan fingerprint density at radius 3 is 2.46 bits per heavy atom. The first kappa shape index (κ1) is 20.5. The van der Waals surface area contributed by atoms with E-state index in [-0.39, 0.29) is 12.3 Å². The monoisotopic (exact) mass is 419 g/mol. The van der Waals surface area contributed by atoms with Crippen LogP contribution in [0.5, 0.6) is 0 Å². The minimum absolute atomic E-state index is 0.00625. The number of piperazine rings is 1. The van der Waals surface area contributed by atoms with E-state index in [2.05, 4.69) is 20.5 Å². The van der Waals surface area contributed by atoms with Gasteiger partial charge in [-0.2, -0.15) is 4.31 Å². The molecule has 1 aromatic heterocycles. The maximum atomic E-state index is 12.6. The van der Waals surface area contributed by atoms with E-state index in [4.69, 9.17) is 12.2 Å². The van der Waals surface area contributed by atoms with Gasteiger partial charge >= 0.3 is 0 Å². The van der Waals surface area contributed by atoms with Crippen LogP contribution < -0.4 is 15.5 Å². The molecule has 0 aliphatic carbocycles. The van der Waals surface area contributed by atoms with Crippen molar-refractivity contribution in [3.8, 4) is 0 Å². The molecular weight excluding hydrogens is 394 g/mol. The van der Waals surface area contributed by atoms with Crippen molar-refractivity contribution < 1.29 is 8.42 Å². The zero-order valence-electron chi connectivity index (χ0n) is 15.8. The predicted octanol–water partition coefficient (Wildman–Crippen LogP) is 1.83. The van der Waals surface area contributed by atoms with Gasteiger partial charge < -0.3 is 15.5 Å². The highest BCUT2D eigenvalue weighted by Crippen LogP contribution is 2.14. The highest BCUT2D eigenvalue weighted by atomic mass is 32.2. The number of sulfonamides is 1. The Morgan fingerprint density at radius 2 is 1.82 bits per heavy atom. The van der Waals surface area contributed by atoms with E-state index >= 15 is 0 Å². The van der Waals surface area contributed by atoms with Gasteiger partial charge in [-0.3, -0.25) is 0 Å². The van der Waals surface area contributed by atoms with Gasteiger partial charge in [0.2, 0.25) is 10.0 Å².